The molecule has 1 fully saturated rings. The van der Waals surface area contributed by atoms with Crippen molar-refractivity contribution >= 4 is 29.9 Å². The van der Waals surface area contributed by atoms with Crippen LogP contribution in [-0.4, -0.2) is 54.7 Å². The third-order valence-corrected chi connectivity index (χ3v) is 4.57. The highest BCUT2D eigenvalue weighted by atomic mass is 35.5. The Hall–Kier alpha value is -3.21. The lowest BCUT2D eigenvalue weighted by atomic mass is 10.1. The molecule has 0 spiro atoms. The maximum absolute atomic E-state index is 11.8. The molecule has 0 radical (unpaired) electrons. The second-order valence-corrected chi connectivity index (χ2v) is 6.97. The summed E-state index contributed by atoms with van der Waals surface area (Å²) >= 11 is 6.18. The molecule has 1 saturated heterocycles. The van der Waals surface area contributed by atoms with Crippen molar-refractivity contribution in [2.45, 2.75) is 25.6 Å². The largest absolute Gasteiger partial charge is 0.486 e. The first kappa shape index (κ1) is 25.1. The number of benzene rings is 1. The summed E-state index contributed by atoms with van der Waals surface area (Å²) in [6, 6.07) is 4.56. The van der Waals surface area contributed by atoms with Gasteiger partial charge in [0.25, 0.3) is 5.91 Å². The molecule has 10 nitrogen and oxygen atoms in total. The molecule has 172 valence electrons. The van der Waals surface area contributed by atoms with Crippen LogP contribution in [0.4, 0.5) is 5.95 Å². The number of ether oxygens (including phenoxy) is 2. The van der Waals surface area contributed by atoms with Gasteiger partial charge in [0.1, 0.15) is 6.61 Å². The van der Waals surface area contributed by atoms with E-state index >= 15 is 0 Å². The number of nitrogens with zero attached hydrogens (tertiary/aromatic N) is 2. The summed E-state index contributed by atoms with van der Waals surface area (Å²) in [5, 5.41) is 6.28. The molecule has 2 amide bonds. The molecule has 1 aliphatic rings. The van der Waals surface area contributed by atoms with Crippen LogP contribution in [0.3, 0.4) is 0 Å². The average molecular weight is 464 g/mol. The smallest absolute Gasteiger partial charge is 0.274 e. The highest BCUT2D eigenvalue weighted by molar-refractivity contribution is 6.31. The van der Waals surface area contributed by atoms with Crippen LogP contribution in [-0.2, 0) is 21.0 Å². The van der Waals surface area contributed by atoms with Crippen LogP contribution in [0.5, 0.6) is 5.75 Å². The zero-order valence-corrected chi connectivity index (χ0v) is 18.6. The third kappa shape index (κ3) is 7.49. The topological polar surface area (TPSA) is 124 Å². The predicted molar refractivity (Wildman–Crippen MR) is 119 cm³/mol. The Balaban J connectivity index is 0.00000114. The number of halogens is 1. The maximum Gasteiger partial charge on any atom is 0.274 e. The summed E-state index contributed by atoms with van der Waals surface area (Å²) in [5.74, 6) is 0.438. The van der Waals surface area contributed by atoms with E-state index in [1.807, 2.05) is 6.92 Å². The van der Waals surface area contributed by atoms with Crippen molar-refractivity contribution in [2.24, 2.45) is 0 Å². The van der Waals surface area contributed by atoms with Crippen LogP contribution in [0.1, 0.15) is 22.8 Å². The van der Waals surface area contributed by atoms with Gasteiger partial charge in [0.2, 0.25) is 12.4 Å². The van der Waals surface area contributed by atoms with Crippen LogP contribution in [0, 0.1) is 0 Å². The van der Waals surface area contributed by atoms with Crippen molar-refractivity contribution in [2.75, 3.05) is 25.6 Å². The number of rotatable bonds is 9. The normalized spacial score (nSPS) is 16.8. The van der Waals surface area contributed by atoms with Crippen molar-refractivity contribution in [3.63, 3.8) is 0 Å². The summed E-state index contributed by atoms with van der Waals surface area (Å²) in [6.45, 7) is 6.25. The number of hydrogen-bond donors (Lipinski definition) is 3. The average Bonchev–Trinajstić information content (AvgIpc) is 3.22. The first-order chi connectivity index (χ1) is 15.5. The van der Waals surface area contributed by atoms with E-state index < -0.39 is 0 Å². The molecule has 1 aromatic heterocycles. The summed E-state index contributed by atoms with van der Waals surface area (Å²) in [6.07, 6.45) is 5.43. The summed E-state index contributed by atoms with van der Waals surface area (Å²) in [5.41, 5.74) is 3.27. The Kier molecular flexibility index (Phi) is 10.4. The van der Waals surface area contributed by atoms with Crippen molar-refractivity contribution in [1.82, 2.24) is 20.8 Å². The highest BCUT2D eigenvalue weighted by Gasteiger charge is 2.28. The molecule has 1 aromatic carbocycles. The number of hydroxylamine groups is 1. The summed E-state index contributed by atoms with van der Waals surface area (Å²) < 4.78 is 11.0. The molecule has 2 atom stereocenters. The molecule has 3 rings (SSSR count). The quantitative estimate of drug-likeness (QED) is 0.293. The fourth-order valence-corrected chi connectivity index (χ4v) is 2.89. The summed E-state index contributed by atoms with van der Waals surface area (Å²) in [4.78, 5) is 35.5. The van der Waals surface area contributed by atoms with Gasteiger partial charge in [-0.3, -0.25) is 14.4 Å². The molecule has 0 aliphatic carbocycles. The predicted octanol–water partition coefficient (Wildman–Crippen LogP) is 2.12. The van der Waals surface area contributed by atoms with Crippen LogP contribution >= 0.6 is 11.6 Å². The van der Waals surface area contributed by atoms with E-state index in [-0.39, 0.29) is 24.6 Å². The first-order valence-corrected chi connectivity index (χ1v) is 10.1. The molecule has 0 saturated carbocycles. The van der Waals surface area contributed by atoms with E-state index in [0.29, 0.717) is 47.5 Å². The van der Waals surface area contributed by atoms with Crippen molar-refractivity contribution in [1.29, 1.82) is 0 Å². The van der Waals surface area contributed by atoms with E-state index in [1.165, 1.54) is 19.5 Å². The van der Waals surface area contributed by atoms with Gasteiger partial charge in [-0.25, -0.2) is 15.4 Å². The first-order valence-electron chi connectivity index (χ1n) is 9.70. The molecule has 2 unspecified atom stereocenters. The Labute approximate surface area is 191 Å². The summed E-state index contributed by atoms with van der Waals surface area (Å²) in [7, 11) is 1.36. The number of carbonyl (C=O) groups is 2. The molecular formula is C21H26ClN5O5. The minimum absolute atomic E-state index is 0.119. The number of carbonyl (C=O) groups excluding carboxylic acids is 2. The second kappa shape index (κ2) is 13.3. The lowest BCUT2D eigenvalue weighted by molar-refractivity contribution is -0.110. The zero-order chi connectivity index (χ0) is 23.3. The fourth-order valence-electron chi connectivity index (χ4n) is 2.72. The maximum atomic E-state index is 11.8. The lowest BCUT2D eigenvalue weighted by Gasteiger charge is -2.18. The monoisotopic (exact) mass is 463 g/mol. The van der Waals surface area contributed by atoms with Gasteiger partial charge >= 0.3 is 0 Å². The minimum Gasteiger partial charge on any atom is -0.486 e. The second-order valence-electron chi connectivity index (χ2n) is 6.56. The minimum atomic E-state index is -0.387. The van der Waals surface area contributed by atoms with Gasteiger partial charge in [-0.1, -0.05) is 17.7 Å². The van der Waals surface area contributed by atoms with Gasteiger partial charge in [0.05, 0.1) is 44.8 Å². The van der Waals surface area contributed by atoms with Gasteiger partial charge in [-0.15, -0.1) is 6.58 Å². The SMILES string of the molecule is C=CC.CONC(=O)c1ccc(Cl)c(COc2cnc(NC3COCC3NC=O)nc2)c1. The fraction of sp³-hybridized carbons (Fsp3) is 0.333. The molecule has 3 N–H and O–H groups in total. The number of anilines is 1. The van der Waals surface area contributed by atoms with Crippen LogP contribution in [0.25, 0.3) is 0 Å². The Morgan fingerprint density at radius 1 is 1.31 bits per heavy atom. The standard InChI is InChI=1S/C18H20ClN5O5.C3H6/c1-27-24-17(26)11-2-3-14(19)12(4-11)7-29-13-5-20-18(21-6-13)23-16-9-28-8-15(16)22-10-25;1-3-2/h2-6,10,15-16H,7-9H2,1H3,(H,22,25)(H,24,26)(H,20,21,23);3H,1H2,2H3. The van der Waals surface area contributed by atoms with Crippen LogP contribution in [0.15, 0.2) is 43.2 Å². The van der Waals surface area contributed by atoms with E-state index in [0.717, 1.165) is 0 Å². The van der Waals surface area contributed by atoms with E-state index in [9.17, 15) is 9.59 Å². The van der Waals surface area contributed by atoms with Crippen molar-refractivity contribution < 1.29 is 23.9 Å². The van der Waals surface area contributed by atoms with Gasteiger partial charge in [-0.05, 0) is 25.1 Å². The number of hydrogen-bond acceptors (Lipinski definition) is 8. The Bertz CT molecular complexity index is 897. The Morgan fingerprint density at radius 3 is 2.66 bits per heavy atom. The third-order valence-electron chi connectivity index (χ3n) is 4.20. The number of nitrogens with one attached hydrogen (secondary N) is 3. The molecule has 2 aromatic rings. The van der Waals surface area contributed by atoms with Crippen LogP contribution < -0.4 is 20.9 Å². The van der Waals surface area contributed by atoms with E-state index in [1.54, 1.807) is 24.3 Å². The van der Waals surface area contributed by atoms with Gasteiger partial charge in [0.15, 0.2) is 5.75 Å². The highest BCUT2D eigenvalue weighted by Crippen LogP contribution is 2.20. The van der Waals surface area contributed by atoms with E-state index in [4.69, 9.17) is 21.1 Å². The number of aromatic nitrogens is 2. The Morgan fingerprint density at radius 2 is 2.00 bits per heavy atom. The van der Waals surface area contributed by atoms with Crippen LogP contribution in [0.2, 0.25) is 5.02 Å². The van der Waals surface area contributed by atoms with Gasteiger partial charge < -0.3 is 20.1 Å². The lowest BCUT2D eigenvalue weighted by Crippen LogP contribution is -2.42. The molecule has 0 bridgehead atoms. The zero-order valence-electron chi connectivity index (χ0n) is 17.8. The van der Waals surface area contributed by atoms with E-state index in [2.05, 4.69) is 37.5 Å². The van der Waals surface area contributed by atoms with Crippen molar-refractivity contribution in [3.05, 3.63) is 59.4 Å². The molecule has 1 aliphatic heterocycles. The number of amides is 2. The molecular weight excluding hydrogens is 438 g/mol. The molecule has 11 heteroatoms. The molecule has 2 heterocycles. The molecule has 32 heavy (non-hydrogen) atoms. The van der Waals surface area contributed by atoms with Gasteiger partial charge in [0, 0.05) is 16.1 Å². The number of allylic oxidation sites excluding steroid dienone is 1. The van der Waals surface area contributed by atoms with Crippen molar-refractivity contribution in [3.8, 4) is 5.75 Å². The van der Waals surface area contributed by atoms with Gasteiger partial charge in [-0.2, -0.15) is 0 Å².